The molecule has 0 aromatic carbocycles. The summed E-state index contributed by atoms with van der Waals surface area (Å²) in [7, 11) is 3.67. The third kappa shape index (κ3) is 4.67. The monoisotopic (exact) mass is 157 g/mol. The summed E-state index contributed by atoms with van der Waals surface area (Å²) in [4.78, 5) is 22.8. The molecule has 0 fully saturated rings. The van der Waals surface area contributed by atoms with Gasteiger partial charge in [0.15, 0.2) is 0 Å². The van der Waals surface area contributed by atoms with E-state index in [0.29, 0.717) is 12.8 Å². The lowest BCUT2D eigenvalue weighted by atomic mass is 10.1. The van der Waals surface area contributed by atoms with E-state index in [4.69, 9.17) is 0 Å². The van der Waals surface area contributed by atoms with Gasteiger partial charge in [0, 0.05) is 6.42 Å². The van der Waals surface area contributed by atoms with Crippen LogP contribution in [0.15, 0.2) is 0 Å². The molecule has 3 nitrogen and oxygen atoms in total. The van der Waals surface area contributed by atoms with Gasteiger partial charge in [0.05, 0.1) is 6.04 Å². The maximum Gasteiger partial charge on any atom is 0.137 e. The summed E-state index contributed by atoms with van der Waals surface area (Å²) in [5, 5.41) is 0. The Balaban J connectivity index is 3.69. The van der Waals surface area contributed by atoms with Gasteiger partial charge < -0.3 is 9.59 Å². The van der Waals surface area contributed by atoms with Gasteiger partial charge in [-0.3, -0.25) is 4.90 Å². The van der Waals surface area contributed by atoms with Crippen molar-refractivity contribution in [2.45, 2.75) is 25.8 Å². The lowest BCUT2D eigenvalue weighted by Gasteiger charge is -2.16. The Morgan fingerprint density at radius 3 is 2.36 bits per heavy atom. The van der Waals surface area contributed by atoms with Crippen molar-refractivity contribution in [1.82, 2.24) is 4.90 Å². The summed E-state index contributed by atoms with van der Waals surface area (Å²) in [6, 6.07) is -0.112. The van der Waals surface area contributed by atoms with Crippen molar-refractivity contribution in [2.75, 3.05) is 14.1 Å². The van der Waals surface area contributed by atoms with Crippen LogP contribution in [0.25, 0.3) is 0 Å². The molecule has 0 aliphatic heterocycles. The predicted octanol–water partition coefficient (Wildman–Crippen LogP) is 0.485. The van der Waals surface area contributed by atoms with Crippen LogP contribution in [0.5, 0.6) is 0 Å². The van der Waals surface area contributed by atoms with Crippen LogP contribution < -0.4 is 0 Å². The number of carbonyl (C=O) groups excluding carboxylic acids is 2. The highest BCUT2D eigenvalue weighted by Crippen LogP contribution is 2.00. The standard InChI is InChI=1S/C8H15NO2/c1-7(11)4-5-8(6-10)9(2)3/h6,8H,4-5H2,1-3H3. The molecule has 1 unspecified atom stereocenters. The number of nitrogens with zero attached hydrogens (tertiary/aromatic N) is 1. The molecule has 0 aliphatic rings. The first-order chi connectivity index (χ1) is 5.07. The largest absolute Gasteiger partial charge is 0.302 e. The lowest BCUT2D eigenvalue weighted by molar-refractivity contribution is -0.117. The fourth-order valence-electron chi connectivity index (χ4n) is 0.799. The van der Waals surface area contributed by atoms with Crippen LogP contribution >= 0.6 is 0 Å². The molecule has 11 heavy (non-hydrogen) atoms. The zero-order valence-electron chi connectivity index (χ0n) is 7.33. The number of hydrogen-bond donors (Lipinski definition) is 0. The molecule has 0 saturated heterocycles. The van der Waals surface area contributed by atoms with E-state index in [1.54, 1.807) is 0 Å². The van der Waals surface area contributed by atoms with Gasteiger partial charge in [-0.05, 0) is 27.4 Å². The minimum absolute atomic E-state index is 0.112. The Kier molecular flexibility index (Phi) is 4.70. The quantitative estimate of drug-likeness (QED) is 0.545. The van der Waals surface area contributed by atoms with E-state index >= 15 is 0 Å². The number of Topliss-reactive ketones (excluding diaryl/α,β-unsaturated/α-hetero) is 1. The molecule has 64 valence electrons. The molecule has 3 heteroatoms. The van der Waals surface area contributed by atoms with E-state index in [9.17, 15) is 9.59 Å². The molecule has 0 bridgehead atoms. The first-order valence-corrected chi connectivity index (χ1v) is 3.69. The number of carbonyl (C=O) groups is 2. The number of likely N-dealkylation sites (N-methyl/N-ethyl adjacent to an activating group) is 1. The first kappa shape index (κ1) is 10.3. The fourth-order valence-corrected chi connectivity index (χ4v) is 0.799. The Hall–Kier alpha value is -0.700. The van der Waals surface area contributed by atoms with E-state index in [1.165, 1.54) is 6.92 Å². The van der Waals surface area contributed by atoms with Crippen LogP contribution in [0.4, 0.5) is 0 Å². The summed E-state index contributed by atoms with van der Waals surface area (Å²) >= 11 is 0. The Labute approximate surface area is 67.4 Å². The predicted molar refractivity (Wildman–Crippen MR) is 43.5 cm³/mol. The van der Waals surface area contributed by atoms with Crippen LogP contribution in [-0.4, -0.2) is 37.1 Å². The highest BCUT2D eigenvalue weighted by atomic mass is 16.1. The minimum atomic E-state index is -0.112. The van der Waals surface area contributed by atoms with E-state index in [-0.39, 0.29) is 11.8 Å². The van der Waals surface area contributed by atoms with Gasteiger partial charge in [0.2, 0.25) is 0 Å². The maximum absolute atomic E-state index is 10.6. The third-order valence-electron chi connectivity index (χ3n) is 1.61. The number of hydrogen-bond acceptors (Lipinski definition) is 3. The van der Waals surface area contributed by atoms with Crippen molar-refractivity contribution >= 4 is 12.1 Å². The van der Waals surface area contributed by atoms with Crippen LogP contribution in [0.1, 0.15) is 19.8 Å². The summed E-state index contributed by atoms with van der Waals surface area (Å²) in [6.07, 6.45) is 2.00. The van der Waals surface area contributed by atoms with Crippen LogP contribution in [0.3, 0.4) is 0 Å². The summed E-state index contributed by atoms with van der Waals surface area (Å²) < 4.78 is 0. The van der Waals surface area contributed by atoms with Crippen molar-refractivity contribution in [2.24, 2.45) is 0 Å². The minimum Gasteiger partial charge on any atom is -0.302 e. The molecule has 0 aliphatic carbocycles. The second-order valence-electron chi connectivity index (χ2n) is 2.91. The highest BCUT2D eigenvalue weighted by Gasteiger charge is 2.09. The van der Waals surface area contributed by atoms with Gasteiger partial charge in [-0.1, -0.05) is 0 Å². The van der Waals surface area contributed by atoms with Gasteiger partial charge in [0.1, 0.15) is 12.1 Å². The molecule has 0 heterocycles. The Morgan fingerprint density at radius 2 is 2.09 bits per heavy atom. The van der Waals surface area contributed by atoms with Gasteiger partial charge in [-0.2, -0.15) is 0 Å². The normalized spacial score (nSPS) is 13.1. The Morgan fingerprint density at radius 1 is 1.55 bits per heavy atom. The smallest absolute Gasteiger partial charge is 0.137 e. The summed E-state index contributed by atoms with van der Waals surface area (Å²) in [6.45, 7) is 1.54. The molecular weight excluding hydrogens is 142 g/mol. The van der Waals surface area contributed by atoms with Crippen LogP contribution in [0, 0.1) is 0 Å². The molecule has 0 rings (SSSR count). The van der Waals surface area contributed by atoms with Gasteiger partial charge in [-0.15, -0.1) is 0 Å². The van der Waals surface area contributed by atoms with Gasteiger partial charge in [0.25, 0.3) is 0 Å². The molecule has 0 saturated carbocycles. The zero-order valence-corrected chi connectivity index (χ0v) is 7.33. The van der Waals surface area contributed by atoms with Crippen molar-refractivity contribution < 1.29 is 9.59 Å². The van der Waals surface area contributed by atoms with Crippen LogP contribution in [0.2, 0.25) is 0 Å². The molecule has 1 atom stereocenters. The van der Waals surface area contributed by atoms with Gasteiger partial charge in [-0.25, -0.2) is 0 Å². The fraction of sp³-hybridized carbons (Fsp3) is 0.750. The van der Waals surface area contributed by atoms with Crippen molar-refractivity contribution in [3.05, 3.63) is 0 Å². The van der Waals surface area contributed by atoms with Crippen molar-refractivity contribution in [1.29, 1.82) is 0 Å². The average Bonchev–Trinajstić information content (AvgIpc) is 1.87. The molecular formula is C8H15NO2. The molecule has 0 amide bonds. The second-order valence-corrected chi connectivity index (χ2v) is 2.91. The van der Waals surface area contributed by atoms with E-state index in [0.717, 1.165) is 6.29 Å². The highest BCUT2D eigenvalue weighted by molar-refractivity contribution is 5.76. The number of rotatable bonds is 5. The molecule has 0 aromatic rings. The zero-order chi connectivity index (χ0) is 8.85. The average molecular weight is 157 g/mol. The third-order valence-corrected chi connectivity index (χ3v) is 1.61. The van der Waals surface area contributed by atoms with Crippen molar-refractivity contribution in [3.63, 3.8) is 0 Å². The molecule has 0 aromatic heterocycles. The lowest BCUT2D eigenvalue weighted by Crippen LogP contribution is -2.29. The number of aldehydes is 1. The SMILES string of the molecule is CC(=O)CCC(C=O)N(C)C. The first-order valence-electron chi connectivity index (χ1n) is 3.69. The van der Waals surface area contributed by atoms with E-state index in [2.05, 4.69) is 0 Å². The van der Waals surface area contributed by atoms with E-state index < -0.39 is 0 Å². The Bertz CT molecular complexity index is 143. The van der Waals surface area contributed by atoms with E-state index in [1.807, 2.05) is 19.0 Å². The van der Waals surface area contributed by atoms with Crippen molar-refractivity contribution in [3.8, 4) is 0 Å². The number of ketones is 1. The van der Waals surface area contributed by atoms with Crippen LogP contribution in [-0.2, 0) is 9.59 Å². The maximum atomic E-state index is 10.6. The molecule has 0 spiro atoms. The molecule has 0 radical (unpaired) electrons. The van der Waals surface area contributed by atoms with Gasteiger partial charge >= 0.3 is 0 Å². The summed E-state index contributed by atoms with van der Waals surface area (Å²) in [5.41, 5.74) is 0. The second kappa shape index (κ2) is 5.02. The summed E-state index contributed by atoms with van der Waals surface area (Å²) in [5.74, 6) is 0.138. The topological polar surface area (TPSA) is 37.4 Å². The molecule has 0 N–H and O–H groups in total.